The molecule has 0 N–H and O–H groups in total. The molecule has 0 fully saturated rings. The standard InChI is InChI=1S/C8HNO3/c10-8-7-4-2(9-8)1-3-5(11-3)6(4)12-7/h1H. The minimum Gasteiger partial charge on any atom is -0.446 e. The van der Waals surface area contributed by atoms with Crippen LogP contribution >= 0.6 is 0 Å². The van der Waals surface area contributed by atoms with Crippen LogP contribution in [0.3, 0.4) is 0 Å². The quantitative estimate of drug-likeness (QED) is 0.388. The van der Waals surface area contributed by atoms with Gasteiger partial charge in [0.15, 0.2) is 11.3 Å². The minimum absolute atomic E-state index is 0.275. The molecule has 0 saturated heterocycles. The normalized spacial score (nSPS) is 14.0. The topological polar surface area (TPSA) is 52.3 Å². The van der Waals surface area contributed by atoms with E-state index < -0.39 is 0 Å². The van der Waals surface area contributed by atoms with Gasteiger partial charge in [-0.25, -0.2) is 4.98 Å². The number of fused-ring (bicyclic) bond motifs is 2. The van der Waals surface area contributed by atoms with Crippen LogP contribution in [0, 0.1) is 0 Å². The molecular weight excluding hydrogens is 158 g/mol. The molecule has 0 aliphatic carbocycles. The van der Waals surface area contributed by atoms with Crippen LogP contribution in [-0.4, -0.2) is 4.98 Å². The predicted molar refractivity (Wildman–Crippen MR) is 40.2 cm³/mol. The summed E-state index contributed by atoms with van der Waals surface area (Å²) < 4.78 is 10.2. The highest BCUT2D eigenvalue weighted by atomic mass is 16.5. The molecule has 3 heterocycles. The largest absolute Gasteiger partial charge is 0.446 e. The number of hydrogen-bond donors (Lipinski definition) is 0. The molecule has 0 amide bonds. The highest BCUT2D eigenvalue weighted by molar-refractivity contribution is 6.09. The first kappa shape index (κ1) is 4.92. The molecule has 1 aliphatic heterocycles. The van der Waals surface area contributed by atoms with Gasteiger partial charge in [-0.1, -0.05) is 0 Å². The molecule has 0 spiro atoms. The van der Waals surface area contributed by atoms with Gasteiger partial charge in [-0.05, 0) is 0 Å². The number of rotatable bonds is 0. The van der Waals surface area contributed by atoms with Crippen LogP contribution in [0.4, 0.5) is 0 Å². The van der Waals surface area contributed by atoms with Crippen LogP contribution in [-0.2, 0) is 0 Å². The van der Waals surface area contributed by atoms with E-state index in [1.165, 1.54) is 0 Å². The minimum atomic E-state index is -0.275. The van der Waals surface area contributed by atoms with Crippen LogP contribution < -0.4 is 10.3 Å². The van der Waals surface area contributed by atoms with Crippen molar-refractivity contribution in [1.82, 2.24) is 4.98 Å². The number of hydrogen-bond acceptors (Lipinski definition) is 4. The Morgan fingerprint density at radius 2 is 2.25 bits per heavy atom. The second-order valence-electron chi connectivity index (χ2n) is 2.88. The molecule has 4 rings (SSSR count). The molecule has 0 unspecified atom stereocenters. The molecule has 4 heteroatoms. The Morgan fingerprint density at radius 3 is 3.17 bits per heavy atom. The fourth-order valence-corrected chi connectivity index (χ4v) is 1.59. The summed E-state index contributed by atoms with van der Waals surface area (Å²) in [5.74, 6) is 1.06. The van der Waals surface area contributed by atoms with E-state index in [-0.39, 0.29) is 5.56 Å². The lowest BCUT2D eigenvalue weighted by atomic mass is 10.2. The zero-order valence-electron chi connectivity index (χ0n) is 5.75. The van der Waals surface area contributed by atoms with Crippen molar-refractivity contribution in [3.05, 3.63) is 16.4 Å². The first-order valence-electron chi connectivity index (χ1n) is 3.55. The first-order valence-corrected chi connectivity index (χ1v) is 3.55. The lowest BCUT2D eigenvalue weighted by Crippen LogP contribution is -2.04. The molecular formula is C8HNO3. The maximum absolute atomic E-state index is 11.0. The Bertz CT molecular complexity index is 654. The van der Waals surface area contributed by atoms with Gasteiger partial charge in [0, 0.05) is 6.07 Å². The Morgan fingerprint density at radius 1 is 1.33 bits per heavy atom. The SMILES string of the molecule is O=c1nc2cc3oc3c3c2c1O3. The molecule has 1 aliphatic rings. The lowest BCUT2D eigenvalue weighted by Gasteiger charge is -2.10. The molecule has 4 nitrogen and oxygen atoms in total. The van der Waals surface area contributed by atoms with E-state index in [4.69, 9.17) is 9.15 Å². The summed E-state index contributed by atoms with van der Waals surface area (Å²) in [5, 5.41) is 0.830. The lowest BCUT2D eigenvalue weighted by molar-refractivity contribution is 0.460. The van der Waals surface area contributed by atoms with E-state index in [0.29, 0.717) is 17.0 Å². The second-order valence-corrected chi connectivity index (χ2v) is 2.88. The molecule has 3 aromatic rings. The highest BCUT2D eigenvalue weighted by Gasteiger charge is 2.33. The van der Waals surface area contributed by atoms with E-state index in [1.54, 1.807) is 6.07 Å². The van der Waals surface area contributed by atoms with Gasteiger partial charge in [0.25, 0.3) is 0 Å². The van der Waals surface area contributed by atoms with Gasteiger partial charge < -0.3 is 9.15 Å². The average Bonchev–Trinajstić information content (AvgIpc) is 2.59. The zero-order valence-corrected chi connectivity index (χ0v) is 5.75. The third kappa shape index (κ3) is 0.320. The monoisotopic (exact) mass is 159 g/mol. The van der Waals surface area contributed by atoms with Crippen molar-refractivity contribution in [2.75, 3.05) is 0 Å². The van der Waals surface area contributed by atoms with Gasteiger partial charge in [0.1, 0.15) is 0 Å². The van der Waals surface area contributed by atoms with Crippen LogP contribution in [0.1, 0.15) is 0 Å². The van der Waals surface area contributed by atoms with E-state index in [1.807, 2.05) is 0 Å². The van der Waals surface area contributed by atoms with Gasteiger partial charge in [0.2, 0.25) is 11.3 Å². The second kappa shape index (κ2) is 1.14. The molecule has 0 radical (unpaired) electrons. The summed E-state index contributed by atoms with van der Waals surface area (Å²) >= 11 is 0. The molecule has 0 saturated carbocycles. The molecule has 56 valence electrons. The number of nitrogens with zero attached hydrogens (tertiary/aromatic N) is 1. The van der Waals surface area contributed by atoms with Crippen molar-refractivity contribution in [3.63, 3.8) is 0 Å². The number of benzene rings is 1. The van der Waals surface area contributed by atoms with Crippen molar-refractivity contribution < 1.29 is 9.15 Å². The molecule has 12 heavy (non-hydrogen) atoms. The Hall–Kier alpha value is -1.84. The Kier molecular flexibility index (Phi) is 0.466. The van der Waals surface area contributed by atoms with Crippen molar-refractivity contribution in [1.29, 1.82) is 0 Å². The third-order valence-corrected chi connectivity index (χ3v) is 2.20. The van der Waals surface area contributed by atoms with Gasteiger partial charge in [0.05, 0.1) is 10.9 Å². The van der Waals surface area contributed by atoms with Crippen molar-refractivity contribution in [3.8, 4) is 11.5 Å². The van der Waals surface area contributed by atoms with Crippen LogP contribution in [0.5, 0.6) is 11.5 Å². The molecule has 0 bridgehead atoms. The van der Waals surface area contributed by atoms with Gasteiger partial charge in [-0.3, -0.25) is 4.79 Å². The summed E-state index contributed by atoms with van der Waals surface area (Å²) in [6.45, 7) is 0. The van der Waals surface area contributed by atoms with E-state index >= 15 is 0 Å². The molecule has 0 atom stereocenters. The predicted octanol–water partition coefficient (Wildman–Crippen LogP) is 1.32. The summed E-state index contributed by atoms with van der Waals surface area (Å²) in [5.41, 5.74) is 1.96. The van der Waals surface area contributed by atoms with Crippen LogP contribution in [0.25, 0.3) is 22.1 Å². The fourth-order valence-electron chi connectivity index (χ4n) is 1.59. The van der Waals surface area contributed by atoms with Crippen molar-refractivity contribution in [2.45, 2.75) is 0 Å². The Labute approximate surface area is 65.0 Å². The Balaban J connectivity index is 2.50. The number of ether oxygens (including phenoxy) is 1. The summed E-state index contributed by atoms with van der Waals surface area (Å²) in [7, 11) is 0. The van der Waals surface area contributed by atoms with Crippen LogP contribution in [0.2, 0.25) is 0 Å². The van der Waals surface area contributed by atoms with E-state index in [2.05, 4.69) is 4.98 Å². The average molecular weight is 159 g/mol. The third-order valence-electron chi connectivity index (χ3n) is 2.20. The maximum atomic E-state index is 11.0. The molecule has 2 aromatic heterocycles. The van der Waals surface area contributed by atoms with E-state index in [9.17, 15) is 4.79 Å². The van der Waals surface area contributed by atoms with Gasteiger partial charge in [-0.2, -0.15) is 0 Å². The van der Waals surface area contributed by atoms with Crippen molar-refractivity contribution >= 4 is 22.1 Å². The summed E-state index contributed by atoms with van der Waals surface area (Å²) in [4.78, 5) is 14.8. The highest BCUT2D eigenvalue weighted by Crippen LogP contribution is 2.51. The first-order chi connectivity index (χ1) is 5.84. The zero-order chi connectivity index (χ0) is 7.87. The maximum Gasteiger partial charge on any atom is 0.314 e. The van der Waals surface area contributed by atoms with Crippen LogP contribution in [0.15, 0.2) is 15.3 Å². The molecule has 1 aromatic carbocycles. The fraction of sp³-hybridized carbons (Fsp3) is 0. The van der Waals surface area contributed by atoms with Gasteiger partial charge >= 0.3 is 5.56 Å². The smallest absolute Gasteiger partial charge is 0.314 e. The number of aromatic nitrogens is 1. The van der Waals surface area contributed by atoms with E-state index in [0.717, 1.165) is 16.6 Å². The summed E-state index contributed by atoms with van der Waals surface area (Å²) in [6.07, 6.45) is 0. The van der Waals surface area contributed by atoms with Crippen molar-refractivity contribution in [2.24, 2.45) is 0 Å². The summed E-state index contributed by atoms with van der Waals surface area (Å²) in [6, 6.07) is 1.77. The van der Waals surface area contributed by atoms with Gasteiger partial charge in [-0.15, -0.1) is 0 Å².